The summed E-state index contributed by atoms with van der Waals surface area (Å²) >= 11 is 1.63. The summed E-state index contributed by atoms with van der Waals surface area (Å²) in [6, 6.07) is 1.01. The maximum absolute atomic E-state index is 12.9. The van der Waals surface area contributed by atoms with E-state index in [1.807, 2.05) is 0 Å². The summed E-state index contributed by atoms with van der Waals surface area (Å²) < 4.78 is 50.5. The second-order valence-electron chi connectivity index (χ2n) is 3.44. The van der Waals surface area contributed by atoms with Gasteiger partial charge in [-0.15, -0.1) is 0 Å². The molecule has 0 aromatic carbocycles. The zero-order chi connectivity index (χ0) is 14.6. The number of halogens is 5. The smallest absolute Gasteiger partial charge is 0.284 e. The van der Waals surface area contributed by atoms with E-state index in [0.717, 1.165) is 12.3 Å². The van der Waals surface area contributed by atoms with Crippen LogP contribution in [0.1, 0.15) is 6.92 Å². The number of hydrogen-bond donors (Lipinski definition) is 0. The van der Waals surface area contributed by atoms with Crippen LogP contribution >= 0.6 is 22.6 Å². The minimum atomic E-state index is -5.01. The first kappa shape index (κ1) is 15.9. The van der Waals surface area contributed by atoms with Gasteiger partial charge in [0, 0.05) is 6.54 Å². The highest BCUT2D eigenvalue weighted by Crippen LogP contribution is 2.26. The molecular weight excluding hydrogens is 379 g/mol. The topological polar surface area (TPSA) is 33.2 Å². The molecular formula is C11H9F4IN2O. The van der Waals surface area contributed by atoms with Crippen molar-refractivity contribution in [1.29, 1.82) is 0 Å². The maximum Gasteiger partial charge on any atom is 0.471 e. The van der Waals surface area contributed by atoms with E-state index in [1.54, 1.807) is 29.5 Å². The van der Waals surface area contributed by atoms with Gasteiger partial charge in [0.05, 0.1) is 9.77 Å². The summed E-state index contributed by atoms with van der Waals surface area (Å²) in [5.41, 5.74) is 0. The Morgan fingerprint density at radius 2 is 2.16 bits per heavy atom. The quantitative estimate of drug-likeness (QED) is 0.453. The standard InChI is InChI=1S/C11H9F4IN2O/c1-2-3-4-18(10(19)11(13,14)15)9-8(16)5-7(12)6-17-9/h2-3,5-6H,4H2,1H3. The fraction of sp³-hybridized carbons (Fsp3) is 0.273. The molecule has 0 spiro atoms. The number of carbonyl (C=O) groups is 1. The van der Waals surface area contributed by atoms with Crippen molar-refractivity contribution < 1.29 is 22.4 Å². The van der Waals surface area contributed by atoms with Crippen LogP contribution in [0, 0.1) is 9.39 Å². The molecule has 0 aliphatic heterocycles. The Balaban J connectivity index is 3.20. The number of carbonyl (C=O) groups excluding carboxylic acids is 1. The van der Waals surface area contributed by atoms with Crippen LogP contribution in [0.25, 0.3) is 0 Å². The van der Waals surface area contributed by atoms with Crippen molar-refractivity contribution in [2.45, 2.75) is 13.1 Å². The molecule has 104 valence electrons. The van der Waals surface area contributed by atoms with Crippen LogP contribution in [-0.2, 0) is 4.79 Å². The number of hydrogen-bond acceptors (Lipinski definition) is 2. The molecule has 0 saturated heterocycles. The van der Waals surface area contributed by atoms with E-state index in [1.165, 1.54) is 12.2 Å². The van der Waals surface area contributed by atoms with E-state index in [9.17, 15) is 22.4 Å². The van der Waals surface area contributed by atoms with Crippen molar-refractivity contribution in [1.82, 2.24) is 4.98 Å². The molecule has 0 unspecified atom stereocenters. The molecule has 19 heavy (non-hydrogen) atoms. The lowest BCUT2D eigenvalue weighted by molar-refractivity contribution is -0.170. The average Bonchev–Trinajstić information content (AvgIpc) is 2.30. The normalized spacial score (nSPS) is 11.9. The third kappa shape index (κ3) is 4.15. The lowest BCUT2D eigenvalue weighted by Gasteiger charge is -2.22. The van der Waals surface area contributed by atoms with Gasteiger partial charge >= 0.3 is 12.1 Å². The van der Waals surface area contributed by atoms with Gasteiger partial charge in [-0.1, -0.05) is 12.2 Å². The van der Waals surface area contributed by atoms with E-state index in [0.29, 0.717) is 4.90 Å². The Morgan fingerprint density at radius 1 is 1.53 bits per heavy atom. The van der Waals surface area contributed by atoms with Crippen LogP contribution in [0.2, 0.25) is 0 Å². The summed E-state index contributed by atoms with van der Waals surface area (Å²) in [6.07, 6.45) is -1.36. The van der Waals surface area contributed by atoms with E-state index in [-0.39, 0.29) is 15.9 Å². The van der Waals surface area contributed by atoms with Gasteiger partial charge in [0.2, 0.25) is 0 Å². The highest BCUT2D eigenvalue weighted by molar-refractivity contribution is 14.1. The van der Waals surface area contributed by atoms with Crippen molar-refractivity contribution in [3.8, 4) is 0 Å². The summed E-state index contributed by atoms with van der Waals surface area (Å²) in [7, 11) is 0. The predicted molar refractivity (Wildman–Crippen MR) is 70.1 cm³/mol. The highest BCUT2D eigenvalue weighted by atomic mass is 127. The average molecular weight is 388 g/mol. The molecule has 1 aromatic heterocycles. The van der Waals surface area contributed by atoms with Crippen LogP contribution in [0.15, 0.2) is 24.4 Å². The minimum Gasteiger partial charge on any atom is -0.284 e. The molecule has 0 N–H and O–H groups in total. The molecule has 1 amide bonds. The lowest BCUT2D eigenvalue weighted by Crippen LogP contribution is -2.42. The summed E-state index contributed by atoms with van der Waals surface area (Å²) in [6.45, 7) is 1.32. The Kier molecular flexibility index (Phi) is 5.27. The minimum absolute atomic E-state index is 0.125. The number of allylic oxidation sites excluding steroid dienone is 1. The first-order chi connectivity index (χ1) is 8.77. The molecule has 1 rings (SSSR count). The number of amides is 1. The highest BCUT2D eigenvalue weighted by Gasteiger charge is 2.43. The molecule has 0 radical (unpaired) electrons. The zero-order valence-electron chi connectivity index (χ0n) is 9.71. The lowest BCUT2D eigenvalue weighted by atomic mass is 10.3. The molecule has 0 saturated carbocycles. The summed E-state index contributed by atoms with van der Waals surface area (Å²) in [4.78, 5) is 15.4. The third-order valence-electron chi connectivity index (χ3n) is 2.06. The number of rotatable bonds is 3. The van der Waals surface area contributed by atoms with Crippen LogP contribution in [0.3, 0.4) is 0 Å². The second kappa shape index (κ2) is 6.31. The van der Waals surface area contributed by atoms with E-state index >= 15 is 0 Å². The number of alkyl halides is 3. The van der Waals surface area contributed by atoms with Gasteiger partial charge in [-0.2, -0.15) is 13.2 Å². The Labute approximate surface area is 120 Å². The maximum atomic E-state index is 12.9. The molecule has 0 atom stereocenters. The number of pyridine rings is 1. The SMILES string of the molecule is CC=CCN(C(=O)C(F)(F)F)c1ncc(F)cc1I. The van der Waals surface area contributed by atoms with Gasteiger partial charge in [-0.3, -0.25) is 9.69 Å². The first-order valence-electron chi connectivity index (χ1n) is 5.08. The van der Waals surface area contributed by atoms with Crippen molar-refractivity contribution in [2.75, 3.05) is 11.4 Å². The Morgan fingerprint density at radius 3 is 2.63 bits per heavy atom. The summed E-state index contributed by atoms with van der Waals surface area (Å²) in [5, 5.41) is 0. The number of aromatic nitrogens is 1. The van der Waals surface area contributed by atoms with Crippen LogP contribution in [0.5, 0.6) is 0 Å². The molecule has 0 aliphatic rings. The van der Waals surface area contributed by atoms with Crippen LogP contribution < -0.4 is 4.90 Å². The van der Waals surface area contributed by atoms with Gasteiger partial charge < -0.3 is 0 Å². The van der Waals surface area contributed by atoms with Crippen LogP contribution in [-0.4, -0.2) is 23.6 Å². The number of nitrogens with zero attached hydrogens (tertiary/aromatic N) is 2. The van der Waals surface area contributed by atoms with Crippen LogP contribution in [0.4, 0.5) is 23.4 Å². The monoisotopic (exact) mass is 388 g/mol. The summed E-state index contributed by atoms with van der Waals surface area (Å²) in [5.74, 6) is -2.94. The fourth-order valence-electron chi connectivity index (χ4n) is 1.24. The van der Waals surface area contributed by atoms with E-state index in [2.05, 4.69) is 4.98 Å². The molecule has 1 heterocycles. The number of anilines is 1. The van der Waals surface area contributed by atoms with Gasteiger partial charge in [0.1, 0.15) is 11.6 Å². The van der Waals surface area contributed by atoms with E-state index in [4.69, 9.17) is 0 Å². The second-order valence-corrected chi connectivity index (χ2v) is 4.60. The van der Waals surface area contributed by atoms with E-state index < -0.39 is 17.9 Å². The molecule has 0 aliphatic carbocycles. The van der Waals surface area contributed by atoms with Gasteiger partial charge in [0.15, 0.2) is 0 Å². The Hall–Kier alpha value is -1.19. The first-order valence-corrected chi connectivity index (χ1v) is 6.16. The van der Waals surface area contributed by atoms with Gasteiger partial charge in [-0.05, 0) is 35.6 Å². The molecule has 0 fully saturated rings. The molecule has 1 aromatic rings. The van der Waals surface area contributed by atoms with Gasteiger partial charge in [-0.25, -0.2) is 9.37 Å². The Bertz CT molecular complexity index is 502. The van der Waals surface area contributed by atoms with Gasteiger partial charge in [0.25, 0.3) is 0 Å². The van der Waals surface area contributed by atoms with Crippen molar-refractivity contribution >= 4 is 34.3 Å². The molecule has 8 heteroatoms. The van der Waals surface area contributed by atoms with Crippen molar-refractivity contribution in [3.63, 3.8) is 0 Å². The predicted octanol–water partition coefficient (Wildman–Crippen LogP) is 3.30. The molecule has 3 nitrogen and oxygen atoms in total. The molecule has 0 bridgehead atoms. The third-order valence-corrected chi connectivity index (χ3v) is 2.85. The largest absolute Gasteiger partial charge is 0.471 e. The van der Waals surface area contributed by atoms with Crippen molar-refractivity contribution in [3.05, 3.63) is 33.8 Å². The fourth-order valence-corrected chi connectivity index (χ4v) is 1.96. The zero-order valence-corrected chi connectivity index (χ0v) is 11.9. The van der Waals surface area contributed by atoms with Crippen molar-refractivity contribution in [2.24, 2.45) is 0 Å².